The molecule has 0 aliphatic carbocycles. The van der Waals surface area contributed by atoms with Gasteiger partial charge in [0, 0.05) is 48.8 Å². The Morgan fingerprint density at radius 2 is 1.32 bits per heavy atom. The summed E-state index contributed by atoms with van der Waals surface area (Å²) < 4.78 is 0. The van der Waals surface area contributed by atoms with Gasteiger partial charge in [-0.05, 0) is 31.2 Å². The van der Waals surface area contributed by atoms with E-state index in [9.17, 15) is 0 Å². The SMILES string of the molecule is C(#Cc1cccnc1)CCC#Cc1cccnc1.Cc1ccc([S-])c([S-])c1.[Pt+2]. The topological polar surface area (TPSA) is 25.8 Å². The van der Waals surface area contributed by atoms with Crippen molar-refractivity contribution in [3.8, 4) is 23.7 Å². The van der Waals surface area contributed by atoms with E-state index in [1.54, 1.807) is 24.8 Å². The molecular weight excluding hydrogens is 563 g/mol. The first-order valence-corrected chi connectivity index (χ1v) is 9.19. The molecule has 3 aromatic rings. The summed E-state index contributed by atoms with van der Waals surface area (Å²) in [7, 11) is 0. The largest absolute Gasteiger partial charge is 2.00 e. The third-order valence-corrected chi connectivity index (χ3v) is 4.09. The van der Waals surface area contributed by atoms with Crippen molar-refractivity contribution >= 4 is 25.3 Å². The van der Waals surface area contributed by atoms with Crippen LogP contribution >= 0.6 is 0 Å². The molecule has 2 nitrogen and oxygen atoms in total. The smallest absolute Gasteiger partial charge is 0.781 e. The fourth-order valence-corrected chi connectivity index (χ4v) is 2.32. The Morgan fingerprint density at radius 3 is 1.71 bits per heavy atom. The predicted octanol–water partition coefficient (Wildman–Crippen LogP) is 4.46. The number of hydrogen-bond donors (Lipinski definition) is 0. The van der Waals surface area contributed by atoms with Gasteiger partial charge in [-0.2, -0.15) is 9.79 Å². The summed E-state index contributed by atoms with van der Waals surface area (Å²) in [5.74, 6) is 12.3. The van der Waals surface area contributed by atoms with E-state index < -0.39 is 0 Å². The molecule has 0 bridgehead atoms. The van der Waals surface area contributed by atoms with Crippen LogP contribution in [-0.2, 0) is 46.3 Å². The Hall–Kier alpha value is -2.23. The number of pyridine rings is 2. The third-order valence-electron chi connectivity index (χ3n) is 3.26. The van der Waals surface area contributed by atoms with Gasteiger partial charge in [0.25, 0.3) is 0 Å². The molecule has 0 N–H and O–H groups in total. The molecule has 28 heavy (non-hydrogen) atoms. The van der Waals surface area contributed by atoms with Gasteiger partial charge in [0.05, 0.1) is 0 Å². The fourth-order valence-electron chi connectivity index (χ4n) is 1.94. The number of nitrogens with zero attached hydrogens (tertiary/aromatic N) is 2. The molecule has 0 saturated heterocycles. The van der Waals surface area contributed by atoms with Crippen molar-refractivity contribution in [3.63, 3.8) is 0 Å². The number of hydrogen-bond acceptors (Lipinski definition) is 4. The minimum absolute atomic E-state index is 0. The van der Waals surface area contributed by atoms with E-state index in [1.807, 2.05) is 49.4 Å². The number of rotatable bonds is 1. The van der Waals surface area contributed by atoms with E-state index in [0.29, 0.717) is 0 Å². The summed E-state index contributed by atoms with van der Waals surface area (Å²) in [4.78, 5) is 9.56. The van der Waals surface area contributed by atoms with E-state index in [0.717, 1.165) is 33.8 Å². The summed E-state index contributed by atoms with van der Waals surface area (Å²) in [6.45, 7) is 2.00. The second kappa shape index (κ2) is 13.9. The van der Waals surface area contributed by atoms with Crippen molar-refractivity contribution in [2.45, 2.75) is 29.6 Å². The molecule has 0 radical (unpaired) electrons. The monoisotopic (exact) mass is 581 g/mol. The van der Waals surface area contributed by atoms with Crippen LogP contribution in [0.2, 0.25) is 0 Å². The number of benzene rings is 1. The van der Waals surface area contributed by atoms with Gasteiger partial charge >= 0.3 is 21.1 Å². The van der Waals surface area contributed by atoms with Gasteiger partial charge in [-0.1, -0.05) is 47.4 Å². The molecule has 0 atom stereocenters. The van der Waals surface area contributed by atoms with Gasteiger partial charge in [0.1, 0.15) is 0 Å². The van der Waals surface area contributed by atoms with Crippen LogP contribution in [0.25, 0.3) is 0 Å². The van der Waals surface area contributed by atoms with E-state index >= 15 is 0 Å². The zero-order valence-corrected chi connectivity index (χ0v) is 19.2. The van der Waals surface area contributed by atoms with Gasteiger partial charge in [0.2, 0.25) is 0 Å². The van der Waals surface area contributed by atoms with Crippen LogP contribution < -0.4 is 0 Å². The van der Waals surface area contributed by atoms with Crippen molar-refractivity contribution < 1.29 is 21.1 Å². The van der Waals surface area contributed by atoms with Crippen LogP contribution in [0, 0.1) is 30.6 Å². The summed E-state index contributed by atoms with van der Waals surface area (Å²) in [5.41, 5.74) is 3.06. The van der Waals surface area contributed by atoms with Crippen LogP contribution in [0.1, 0.15) is 29.5 Å². The molecule has 2 heterocycles. The van der Waals surface area contributed by atoms with E-state index in [2.05, 4.69) is 33.6 Å². The first-order valence-electron chi connectivity index (χ1n) is 8.37. The van der Waals surface area contributed by atoms with Gasteiger partial charge in [-0.3, -0.25) is 9.97 Å². The molecule has 0 amide bonds. The molecule has 0 aliphatic heterocycles. The van der Waals surface area contributed by atoms with Crippen molar-refractivity contribution in [1.82, 2.24) is 9.97 Å². The van der Waals surface area contributed by atoms with Crippen molar-refractivity contribution in [2.24, 2.45) is 0 Å². The minimum Gasteiger partial charge on any atom is -0.781 e. The van der Waals surface area contributed by atoms with E-state index in [-0.39, 0.29) is 21.1 Å². The van der Waals surface area contributed by atoms with Crippen molar-refractivity contribution in [1.29, 1.82) is 0 Å². The van der Waals surface area contributed by atoms with Gasteiger partial charge in [0.15, 0.2) is 0 Å². The second-order valence-electron chi connectivity index (χ2n) is 5.54. The molecule has 142 valence electrons. The maximum atomic E-state index is 4.94. The second-order valence-corrected chi connectivity index (χ2v) is 6.42. The number of aromatic nitrogens is 2. The maximum absolute atomic E-state index is 4.94. The quantitative estimate of drug-likeness (QED) is 0.241. The van der Waals surface area contributed by atoms with E-state index in [1.165, 1.54) is 5.56 Å². The summed E-state index contributed by atoms with van der Waals surface area (Å²) in [6, 6.07) is 13.4. The Morgan fingerprint density at radius 1 is 0.786 bits per heavy atom. The first-order chi connectivity index (χ1) is 13.1. The number of aryl methyl sites for hydroxylation is 1. The molecule has 0 spiro atoms. The molecule has 0 fully saturated rings. The maximum Gasteiger partial charge on any atom is 2.00 e. The van der Waals surface area contributed by atoms with Crippen LogP contribution in [-0.4, -0.2) is 9.97 Å². The van der Waals surface area contributed by atoms with Crippen LogP contribution in [0.3, 0.4) is 0 Å². The molecule has 5 heteroatoms. The van der Waals surface area contributed by atoms with Crippen LogP contribution in [0.15, 0.2) is 77.0 Å². The number of unbranched alkanes of at least 4 members (excludes halogenated alkanes) is 1. The molecular formula is C23H18N2PtS2. The van der Waals surface area contributed by atoms with Crippen molar-refractivity contribution in [2.75, 3.05) is 0 Å². The Labute approximate surface area is 192 Å². The standard InChI is InChI=1S/C16H12N2.C7H8S2.Pt/c1(3-7-15-9-5-11-17-13-15)2-4-8-16-10-6-12-18-14-16;1-5-2-3-6(8)7(9)4-5;/h5-6,9-14H,1-2H2;2-4,8-9H,1H3;/q;;+2/p-2. The van der Waals surface area contributed by atoms with Gasteiger partial charge < -0.3 is 25.3 Å². The molecule has 0 aliphatic rings. The van der Waals surface area contributed by atoms with E-state index in [4.69, 9.17) is 25.3 Å². The normalized spacial score (nSPS) is 8.61. The predicted molar refractivity (Wildman–Crippen MR) is 114 cm³/mol. The molecule has 2 aromatic heterocycles. The molecule has 1 aromatic carbocycles. The Kier molecular flexibility index (Phi) is 11.8. The fraction of sp³-hybridized carbons (Fsp3) is 0.130. The molecule has 0 saturated carbocycles. The minimum atomic E-state index is 0. The Bertz CT molecular complexity index is 912. The zero-order chi connectivity index (χ0) is 19.3. The summed E-state index contributed by atoms with van der Waals surface area (Å²) in [6.07, 6.45) is 8.53. The summed E-state index contributed by atoms with van der Waals surface area (Å²) in [5, 5.41) is 0. The molecule has 0 unspecified atom stereocenters. The average molecular weight is 582 g/mol. The Balaban J connectivity index is 0.000000332. The van der Waals surface area contributed by atoms with Gasteiger partial charge in [-0.25, -0.2) is 0 Å². The zero-order valence-electron chi connectivity index (χ0n) is 15.3. The first kappa shape index (κ1) is 23.8. The van der Waals surface area contributed by atoms with Crippen LogP contribution in [0.5, 0.6) is 0 Å². The van der Waals surface area contributed by atoms with Gasteiger partial charge in [-0.15, -0.1) is 0 Å². The molecule has 3 rings (SSSR count). The van der Waals surface area contributed by atoms with Crippen LogP contribution in [0.4, 0.5) is 0 Å². The third kappa shape index (κ3) is 9.63. The summed E-state index contributed by atoms with van der Waals surface area (Å²) >= 11 is 9.85. The average Bonchev–Trinajstić information content (AvgIpc) is 2.70. The van der Waals surface area contributed by atoms with Crippen molar-refractivity contribution in [3.05, 3.63) is 83.9 Å².